The van der Waals surface area contributed by atoms with Gasteiger partial charge < -0.3 is 5.32 Å². The van der Waals surface area contributed by atoms with Crippen molar-refractivity contribution in [1.29, 1.82) is 0 Å². The zero-order valence-electron chi connectivity index (χ0n) is 9.15. The summed E-state index contributed by atoms with van der Waals surface area (Å²) in [5, 5.41) is 13.7. The first-order valence-electron chi connectivity index (χ1n) is 4.92. The van der Waals surface area contributed by atoms with Crippen molar-refractivity contribution < 1.29 is 4.92 Å². The Morgan fingerprint density at radius 3 is 2.80 bits per heavy atom. The van der Waals surface area contributed by atoms with Crippen LogP contribution in [0.3, 0.4) is 0 Å². The van der Waals surface area contributed by atoms with Crippen LogP contribution in [-0.2, 0) is 0 Å². The second-order valence-corrected chi connectivity index (χ2v) is 3.57. The number of nitro groups is 1. The van der Waals surface area contributed by atoms with E-state index in [1.54, 1.807) is 13.0 Å². The van der Waals surface area contributed by atoms with Gasteiger partial charge in [-0.15, -0.1) is 0 Å². The van der Waals surface area contributed by atoms with Crippen molar-refractivity contribution in [2.45, 2.75) is 33.2 Å². The van der Waals surface area contributed by atoms with E-state index in [9.17, 15) is 10.1 Å². The molecule has 1 aromatic rings. The predicted octanol–water partition coefficient (Wildman–Crippen LogP) is 2.51. The smallest absolute Gasteiger partial charge is 0.290 e. The average molecular weight is 209 g/mol. The Kier molecular flexibility index (Phi) is 3.60. The van der Waals surface area contributed by atoms with E-state index in [2.05, 4.69) is 17.2 Å². The highest BCUT2D eigenvalue weighted by molar-refractivity contribution is 5.47. The van der Waals surface area contributed by atoms with E-state index < -0.39 is 4.92 Å². The molecule has 15 heavy (non-hydrogen) atoms. The molecular formula is C10H15N3O2. The van der Waals surface area contributed by atoms with Gasteiger partial charge in [-0.25, -0.2) is 4.98 Å². The average Bonchev–Trinajstić information content (AvgIpc) is 2.17. The van der Waals surface area contributed by atoms with Gasteiger partial charge in [0, 0.05) is 11.6 Å². The van der Waals surface area contributed by atoms with Gasteiger partial charge in [-0.05, 0) is 26.3 Å². The van der Waals surface area contributed by atoms with Crippen molar-refractivity contribution in [3.8, 4) is 0 Å². The number of anilines is 1. The van der Waals surface area contributed by atoms with Gasteiger partial charge in [-0.3, -0.25) is 10.1 Å². The third-order valence-corrected chi connectivity index (χ3v) is 2.29. The summed E-state index contributed by atoms with van der Waals surface area (Å²) < 4.78 is 0. The predicted molar refractivity (Wildman–Crippen MR) is 59.0 cm³/mol. The molecule has 5 nitrogen and oxygen atoms in total. The summed E-state index contributed by atoms with van der Waals surface area (Å²) in [7, 11) is 0. The maximum Gasteiger partial charge on any atom is 0.290 e. The van der Waals surface area contributed by atoms with Crippen LogP contribution in [0.15, 0.2) is 12.3 Å². The maximum atomic E-state index is 10.6. The minimum atomic E-state index is -0.421. The van der Waals surface area contributed by atoms with E-state index in [1.807, 2.05) is 6.92 Å². The van der Waals surface area contributed by atoms with Gasteiger partial charge in [-0.2, -0.15) is 0 Å². The lowest BCUT2D eigenvalue weighted by atomic mass is 10.2. The molecule has 1 rings (SSSR count). The van der Waals surface area contributed by atoms with Crippen LogP contribution in [0.5, 0.6) is 0 Å². The first-order chi connectivity index (χ1) is 7.04. The summed E-state index contributed by atoms with van der Waals surface area (Å²) in [6.45, 7) is 5.82. The third kappa shape index (κ3) is 2.90. The summed E-state index contributed by atoms with van der Waals surface area (Å²) >= 11 is 0. The van der Waals surface area contributed by atoms with Gasteiger partial charge in [0.15, 0.2) is 0 Å². The number of nitrogens with zero attached hydrogens (tertiary/aromatic N) is 2. The Morgan fingerprint density at radius 2 is 2.33 bits per heavy atom. The second-order valence-electron chi connectivity index (χ2n) is 3.57. The standard InChI is InChI=1S/C10H15N3O2/c1-4-8(3)12-10-5-7(2)9(6-11-10)13(14)15/h5-6,8H,4H2,1-3H3,(H,11,12). The van der Waals surface area contributed by atoms with E-state index in [0.717, 1.165) is 6.42 Å². The molecule has 0 fully saturated rings. The highest BCUT2D eigenvalue weighted by Crippen LogP contribution is 2.19. The molecule has 0 aliphatic rings. The fraction of sp³-hybridized carbons (Fsp3) is 0.500. The molecule has 0 bridgehead atoms. The number of aryl methyl sites for hydroxylation is 1. The van der Waals surface area contributed by atoms with Crippen molar-refractivity contribution in [3.63, 3.8) is 0 Å². The summed E-state index contributed by atoms with van der Waals surface area (Å²) in [6.07, 6.45) is 2.28. The number of aromatic nitrogens is 1. The Balaban J connectivity index is 2.87. The van der Waals surface area contributed by atoms with E-state index in [4.69, 9.17) is 0 Å². The molecule has 82 valence electrons. The maximum absolute atomic E-state index is 10.6. The molecule has 1 heterocycles. The van der Waals surface area contributed by atoms with Crippen LogP contribution in [0.25, 0.3) is 0 Å². The molecule has 0 radical (unpaired) electrons. The van der Waals surface area contributed by atoms with E-state index in [0.29, 0.717) is 17.4 Å². The Labute approximate surface area is 88.7 Å². The molecule has 0 amide bonds. The SMILES string of the molecule is CCC(C)Nc1cc(C)c([N+](=O)[O-])cn1. The molecular weight excluding hydrogens is 194 g/mol. The number of rotatable bonds is 4. The highest BCUT2D eigenvalue weighted by atomic mass is 16.6. The zero-order valence-corrected chi connectivity index (χ0v) is 9.15. The number of nitrogens with one attached hydrogen (secondary N) is 1. The first-order valence-corrected chi connectivity index (χ1v) is 4.92. The van der Waals surface area contributed by atoms with Gasteiger partial charge in [-0.1, -0.05) is 6.92 Å². The molecule has 5 heteroatoms. The molecule has 1 aromatic heterocycles. The van der Waals surface area contributed by atoms with Crippen LogP contribution >= 0.6 is 0 Å². The Bertz CT molecular complexity index is 366. The van der Waals surface area contributed by atoms with Gasteiger partial charge in [0.2, 0.25) is 0 Å². The quantitative estimate of drug-likeness (QED) is 0.611. The van der Waals surface area contributed by atoms with Crippen molar-refractivity contribution in [2.24, 2.45) is 0 Å². The Morgan fingerprint density at radius 1 is 1.67 bits per heavy atom. The zero-order chi connectivity index (χ0) is 11.4. The van der Waals surface area contributed by atoms with Crippen LogP contribution in [0.4, 0.5) is 11.5 Å². The van der Waals surface area contributed by atoms with E-state index in [-0.39, 0.29) is 5.69 Å². The number of pyridine rings is 1. The monoisotopic (exact) mass is 209 g/mol. The molecule has 1 N–H and O–H groups in total. The highest BCUT2D eigenvalue weighted by Gasteiger charge is 2.11. The topological polar surface area (TPSA) is 68.1 Å². The van der Waals surface area contributed by atoms with Crippen molar-refractivity contribution in [1.82, 2.24) is 4.98 Å². The lowest BCUT2D eigenvalue weighted by Crippen LogP contribution is -2.14. The number of hydrogen-bond acceptors (Lipinski definition) is 4. The molecule has 1 atom stereocenters. The number of hydrogen-bond donors (Lipinski definition) is 1. The van der Waals surface area contributed by atoms with Crippen molar-refractivity contribution in [3.05, 3.63) is 27.9 Å². The fourth-order valence-corrected chi connectivity index (χ4v) is 1.17. The van der Waals surface area contributed by atoms with Gasteiger partial charge >= 0.3 is 0 Å². The van der Waals surface area contributed by atoms with Gasteiger partial charge in [0.1, 0.15) is 12.0 Å². The van der Waals surface area contributed by atoms with Crippen molar-refractivity contribution in [2.75, 3.05) is 5.32 Å². The van der Waals surface area contributed by atoms with Crippen LogP contribution in [0.1, 0.15) is 25.8 Å². The normalized spacial score (nSPS) is 12.2. The third-order valence-electron chi connectivity index (χ3n) is 2.29. The van der Waals surface area contributed by atoms with Crippen molar-refractivity contribution >= 4 is 11.5 Å². The van der Waals surface area contributed by atoms with Gasteiger partial charge in [0.25, 0.3) is 5.69 Å². The Hall–Kier alpha value is -1.65. The first kappa shape index (κ1) is 11.4. The molecule has 1 unspecified atom stereocenters. The van der Waals surface area contributed by atoms with E-state index >= 15 is 0 Å². The molecule has 0 saturated carbocycles. The summed E-state index contributed by atoms with van der Waals surface area (Å²) in [5.74, 6) is 0.687. The summed E-state index contributed by atoms with van der Waals surface area (Å²) in [5.41, 5.74) is 0.686. The van der Waals surface area contributed by atoms with Gasteiger partial charge in [0.05, 0.1) is 4.92 Å². The largest absolute Gasteiger partial charge is 0.368 e. The van der Waals surface area contributed by atoms with Crippen LogP contribution in [0, 0.1) is 17.0 Å². The molecule has 0 aromatic carbocycles. The fourth-order valence-electron chi connectivity index (χ4n) is 1.17. The van der Waals surface area contributed by atoms with E-state index in [1.165, 1.54) is 6.20 Å². The molecule has 0 aliphatic heterocycles. The summed E-state index contributed by atoms with van der Waals surface area (Å²) in [4.78, 5) is 14.1. The minimum absolute atomic E-state index is 0.0599. The molecule has 0 saturated heterocycles. The molecule has 0 spiro atoms. The van der Waals surface area contributed by atoms with Crippen LogP contribution in [-0.4, -0.2) is 15.9 Å². The minimum Gasteiger partial charge on any atom is -0.368 e. The summed E-state index contributed by atoms with van der Waals surface area (Å²) in [6, 6.07) is 2.02. The second kappa shape index (κ2) is 4.72. The lowest BCUT2D eigenvalue weighted by Gasteiger charge is -2.11. The van der Waals surface area contributed by atoms with Crippen LogP contribution < -0.4 is 5.32 Å². The lowest BCUT2D eigenvalue weighted by molar-refractivity contribution is -0.385. The molecule has 0 aliphatic carbocycles. The van der Waals surface area contributed by atoms with Crippen LogP contribution in [0.2, 0.25) is 0 Å².